The Hall–Kier alpha value is -2.40. The fraction of sp³-hybridized carbons (Fsp3) is 0.435. The normalized spacial score (nSPS) is 13.3. The Bertz CT molecular complexity index is 1010. The van der Waals surface area contributed by atoms with Gasteiger partial charge in [0.25, 0.3) is 0 Å². The van der Waals surface area contributed by atoms with E-state index in [1.54, 1.807) is 17.0 Å². The molecule has 6 nitrogen and oxygen atoms in total. The van der Waals surface area contributed by atoms with Gasteiger partial charge in [-0.05, 0) is 62.4 Å². The summed E-state index contributed by atoms with van der Waals surface area (Å²) in [6, 6.07) is 7.61. The zero-order chi connectivity index (χ0) is 22.4. The number of nitriles is 1. The van der Waals surface area contributed by atoms with Crippen molar-refractivity contribution in [1.82, 2.24) is 4.90 Å². The lowest BCUT2D eigenvalue weighted by molar-refractivity contribution is -0.119. The number of anilines is 2. The van der Waals surface area contributed by atoms with Crippen molar-refractivity contribution < 1.29 is 9.59 Å². The average molecular weight is 459 g/mol. The molecule has 0 unspecified atom stereocenters. The number of fused-ring (bicyclic) bond motifs is 1. The SMILES string of the molecule is CCN(CC(=O)Nc1cc(Cl)ccc1C)CC(=O)Nc1sc2c(c1C#N)CCCCC2. The molecule has 1 aromatic heterocycles. The van der Waals surface area contributed by atoms with Gasteiger partial charge >= 0.3 is 0 Å². The molecule has 1 aliphatic rings. The molecule has 1 heterocycles. The highest BCUT2D eigenvalue weighted by Gasteiger charge is 2.22. The van der Waals surface area contributed by atoms with E-state index in [1.165, 1.54) is 22.6 Å². The fourth-order valence-electron chi connectivity index (χ4n) is 3.72. The Labute approximate surface area is 192 Å². The van der Waals surface area contributed by atoms with E-state index in [4.69, 9.17) is 11.6 Å². The van der Waals surface area contributed by atoms with Crippen LogP contribution in [-0.2, 0) is 22.4 Å². The van der Waals surface area contributed by atoms with Crippen LogP contribution in [0, 0.1) is 18.3 Å². The number of amides is 2. The number of carbonyl (C=O) groups excluding carboxylic acids is 2. The molecular formula is C23H27ClN4O2S. The predicted molar refractivity (Wildman–Crippen MR) is 126 cm³/mol. The maximum absolute atomic E-state index is 12.7. The molecule has 0 saturated heterocycles. The molecule has 2 N–H and O–H groups in total. The van der Waals surface area contributed by atoms with Gasteiger partial charge in [0.1, 0.15) is 11.1 Å². The van der Waals surface area contributed by atoms with Gasteiger partial charge in [0.15, 0.2) is 0 Å². The summed E-state index contributed by atoms with van der Waals surface area (Å²) in [6.07, 6.45) is 5.24. The van der Waals surface area contributed by atoms with Gasteiger partial charge in [-0.1, -0.05) is 31.0 Å². The molecule has 3 rings (SSSR count). The van der Waals surface area contributed by atoms with Gasteiger partial charge in [-0.2, -0.15) is 5.26 Å². The molecule has 2 amide bonds. The average Bonchev–Trinajstić information content (AvgIpc) is 2.89. The number of aryl methyl sites for hydroxylation is 2. The summed E-state index contributed by atoms with van der Waals surface area (Å²) in [5.41, 5.74) is 3.29. The van der Waals surface area contributed by atoms with Crippen LogP contribution >= 0.6 is 22.9 Å². The summed E-state index contributed by atoms with van der Waals surface area (Å²) in [6.45, 7) is 4.50. The summed E-state index contributed by atoms with van der Waals surface area (Å²) in [7, 11) is 0. The minimum absolute atomic E-state index is 0.0753. The number of hydrogen-bond donors (Lipinski definition) is 2. The molecule has 1 aromatic carbocycles. The molecule has 0 radical (unpaired) electrons. The molecule has 0 bridgehead atoms. The van der Waals surface area contributed by atoms with Crippen LogP contribution in [0.2, 0.25) is 5.02 Å². The van der Waals surface area contributed by atoms with Gasteiger partial charge in [0.2, 0.25) is 11.8 Å². The molecule has 1 aliphatic carbocycles. The maximum Gasteiger partial charge on any atom is 0.239 e. The summed E-state index contributed by atoms with van der Waals surface area (Å²) in [5.74, 6) is -0.429. The van der Waals surface area contributed by atoms with Gasteiger partial charge in [0, 0.05) is 15.6 Å². The van der Waals surface area contributed by atoms with Crippen molar-refractivity contribution in [3.8, 4) is 6.07 Å². The third kappa shape index (κ3) is 6.07. The van der Waals surface area contributed by atoms with Crippen molar-refractivity contribution in [2.75, 3.05) is 30.3 Å². The molecule has 164 valence electrons. The number of likely N-dealkylation sites (N-methyl/N-ethyl adjacent to an activating group) is 1. The third-order valence-corrected chi connectivity index (χ3v) is 6.88. The molecule has 31 heavy (non-hydrogen) atoms. The van der Waals surface area contributed by atoms with Crippen molar-refractivity contribution in [3.05, 3.63) is 44.8 Å². The van der Waals surface area contributed by atoms with E-state index >= 15 is 0 Å². The van der Waals surface area contributed by atoms with Crippen LogP contribution in [0.4, 0.5) is 10.7 Å². The van der Waals surface area contributed by atoms with Gasteiger partial charge < -0.3 is 10.6 Å². The van der Waals surface area contributed by atoms with Gasteiger partial charge in [0.05, 0.1) is 18.7 Å². The van der Waals surface area contributed by atoms with E-state index in [1.807, 2.05) is 19.9 Å². The van der Waals surface area contributed by atoms with Crippen molar-refractivity contribution >= 4 is 45.4 Å². The minimum Gasteiger partial charge on any atom is -0.325 e. The number of hydrogen-bond acceptors (Lipinski definition) is 5. The highest BCUT2D eigenvalue weighted by Crippen LogP contribution is 2.36. The third-order valence-electron chi connectivity index (χ3n) is 5.44. The lowest BCUT2D eigenvalue weighted by Gasteiger charge is -2.19. The second-order valence-electron chi connectivity index (χ2n) is 7.74. The van der Waals surface area contributed by atoms with Crippen LogP contribution in [0.15, 0.2) is 18.2 Å². The second-order valence-corrected chi connectivity index (χ2v) is 9.28. The predicted octanol–water partition coefficient (Wildman–Crippen LogP) is 4.75. The number of halogens is 1. The van der Waals surface area contributed by atoms with E-state index in [0.717, 1.165) is 36.8 Å². The molecule has 8 heteroatoms. The highest BCUT2D eigenvalue weighted by molar-refractivity contribution is 7.16. The smallest absolute Gasteiger partial charge is 0.239 e. The number of rotatable bonds is 7. The lowest BCUT2D eigenvalue weighted by Crippen LogP contribution is -2.38. The summed E-state index contributed by atoms with van der Waals surface area (Å²) < 4.78 is 0. The monoisotopic (exact) mass is 458 g/mol. The number of nitrogens with zero attached hydrogens (tertiary/aromatic N) is 2. The Morgan fingerprint density at radius 3 is 2.58 bits per heavy atom. The first-order valence-corrected chi connectivity index (χ1v) is 11.7. The largest absolute Gasteiger partial charge is 0.325 e. The van der Waals surface area contributed by atoms with Gasteiger partial charge in [-0.25, -0.2) is 0 Å². The van der Waals surface area contributed by atoms with Crippen molar-refractivity contribution in [1.29, 1.82) is 5.26 Å². The van der Waals surface area contributed by atoms with E-state index in [2.05, 4.69) is 16.7 Å². The molecule has 0 saturated carbocycles. The van der Waals surface area contributed by atoms with Crippen LogP contribution < -0.4 is 10.6 Å². The minimum atomic E-state index is -0.221. The molecule has 2 aromatic rings. The van der Waals surface area contributed by atoms with Crippen molar-refractivity contribution in [3.63, 3.8) is 0 Å². The summed E-state index contributed by atoms with van der Waals surface area (Å²) >= 11 is 7.53. The Morgan fingerprint density at radius 1 is 1.16 bits per heavy atom. The molecule has 0 spiro atoms. The van der Waals surface area contributed by atoms with Crippen molar-refractivity contribution in [2.45, 2.75) is 46.0 Å². The van der Waals surface area contributed by atoms with Crippen LogP contribution in [-0.4, -0.2) is 36.3 Å². The number of thiophene rings is 1. The van der Waals surface area contributed by atoms with Crippen molar-refractivity contribution in [2.24, 2.45) is 0 Å². The van der Waals surface area contributed by atoms with Crippen LogP contribution in [0.5, 0.6) is 0 Å². The van der Waals surface area contributed by atoms with Gasteiger partial charge in [-0.3, -0.25) is 14.5 Å². The van der Waals surface area contributed by atoms with Crippen LogP contribution in [0.25, 0.3) is 0 Å². The quantitative estimate of drug-likeness (QED) is 0.586. The number of benzene rings is 1. The highest BCUT2D eigenvalue weighted by atomic mass is 35.5. The first kappa shape index (κ1) is 23.3. The van der Waals surface area contributed by atoms with E-state index < -0.39 is 0 Å². The fourth-order valence-corrected chi connectivity index (χ4v) is 5.15. The molecular weight excluding hydrogens is 432 g/mol. The first-order valence-electron chi connectivity index (χ1n) is 10.5. The Morgan fingerprint density at radius 2 is 1.87 bits per heavy atom. The van der Waals surface area contributed by atoms with E-state index in [0.29, 0.717) is 27.8 Å². The summed E-state index contributed by atoms with van der Waals surface area (Å²) in [5, 5.41) is 16.6. The van der Waals surface area contributed by atoms with Gasteiger partial charge in [-0.15, -0.1) is 11.3 Å². The standard InChI is InChI=1S/C23H27ClN4O2S/c1-3-28(13-21(29)26-19-11-16(24)10-9-15(19)2)14-22(30)27-23-18(12-25)17-7-5-4-6-8-20(17)31-23/h9-11H,3-8,13-14H2,1-2H3,(H,26,29)(H,27,30). The lowest BCUT2D eigenvalue weighted by atomic mass is 10.1. The maximum atomic E-state index is 12.7. The topological polar surface area (TPSA) is 85.2 Å². The molecule has 0 aliphatic heterocycles. The van der Waals surface area contributed by atoms with E-state index in [-0.39, 0.29) is 24.9 Å². The zero-order valence-electron chi connectivity index (χ0n) is 17.9. The van der Waals surface area contributed by atoms with E-state index in [9.17, 15) is 14.9 Å². The Balaban J connectivity index is 1.61. The second kappa shape index (κ2) is 10.8. The Kier molecular flexibility index (Phi) is 8.08. The first-order chi connectivity index (χ1) is 14.9. The van der Waals surface area contributed by atoms with Crippen LogP contribution in [0.1, 0.15) is 47.8 Å². The molecule has 0 atom stereocenters. The zero-order valence-corrected chi connectivity index (χ0v) is 19.5. The number of nitrogens with one attached hydrogen (secondary N) is 2. The van der Waals surface area contributed by atoms with Crippen LogP contribution in [0.3, 0.4) is 0 Å². The summed E-state index contributed by atoms with van der Waals surface area (Å²) in [4.78, 5) is 28.1. The number of carbonyl (C=O) groups is 2. The molecule has 0 fully saturated rings.